The third-order valence-electron chi connectivity index (χ3n) is 3.34. The smallest absolute Gasteiger partial charge is 0.304 e. The Hall–Kier alpha value is -1.35. The lowest BCUT2D eigenvalue weighted by Gasteiger charge is -2.27. The summed E-state index contributed by atoms with van der Waals surface area (Å²) in [5, 5.41) is 8.72. The molecule has 1 rings (SSSR count). The quantitative estimate of drug-likeness (QED) is 0.770. The molecule has 3 heteroatoms. The first-order valence-electron chi connectivity index (χ1n) is 6.63. The minimum atomic E-state index is -0.719. The molecule has 0 aliphatic rings. The molecule has 0 spiro atoms. The second-order valence-electron chi connectivity index (χ2n) is 4.65. The average molecular weight is 249 g/mol. The molecule has 1 N–H and O–H groups in total. The van der Waals surface area contributed by atoms with E-state index in [1.807, 2.05) is 6.07 Å². The van der Waals surface area contributed by atoms with Gasteiger partial charge in [0.15, 0.2) is 0 Å². The number of carboxylic acids is 1. The highest BCUT2D eigenvalue weighted by Crippen LogP contribution is 2.10. The number of carboxylic acid groups (broad SMARTS) is 1. The fraction of sp³-hybridized carbons (Fsp3) is 0.533. The average Bonchev–Trinajstić information content (AvgIpc) is 2.38. The van der Waals surface area contributed by atoms with Crippen LogP contribution in [0.1, 0.15) is 32.3 Å². The Morgan fingerprint density at radius 2 is 2.00 bits per heavy atom. The molecule has 0 amide bonds. The predicted molar refractivity (Wildman–Crippen MR) is 73.7 cm³/mol. The lowest BCUT2D eigenvalue weighted by Crippen LogP contribution is -2.35. The number of hydrogen-bond donors (Lipinski definition) is 1. The second-order valence-corrected chi connectivity index (χ2v) is 4.65. The van der Waals surface area contributed by atoms with E-state index in [-0.39, 0.29) is 6.42 Å². The van der Waals surface area contributed by atoms with Crippen molar-refractivity contribution in [1.29, 1.82) is 0 Å². The monoisotopic (exact) mass is 249 g/mol. The van der Waals surface area contributed by atoms with Crippen molar-refractivity contribution in [2.45, 2.75) is 39.2 Å². The molecule has 100 valence electrons. The molecular weight excluding hydrogens is 226 g/mol. The lowest BCUT2D eigenvalue weighted by atomic mass is 10.1. The van der Waals surface area contributed by atoms with Gasteiger partial charge in [-0.2, -0.15) is 0 Å². The van der Waals surface area contributed by atoms with E-state index in [1.165, 1.54) is 5.56 Å². The standard InChI is InChI=1S/C15H23NO2/c1-3-16(12-11-15(17)18)13(2)9-10-14-7-5-4-6-8-14/h4-8,13H,3,9-12H2,1-2H3,(H,17,18). The maximum atomic E-state index is 10.6. The maximum Gasteiger partial charge on any atom is 0.304 e. The van der Waals surface area contributed by atoms with Crippen molar-refractivity contribution in [3.63, 3.8) is 0 Å². The minimum Gasteiger partial charge on any atom is -0.481 e. The largest absolute Gasteiger partial charge is 0.481 e. The zero-order valence-corrected chi connectivity index (χ0v) is 11.3. The minimum absolute atomic E-state index is 0.226. The first kappa shape index (κ1) is 14.7. The van der Waals surface area contributed by atoms with Gasteiger partial charge in [-0.15, -0.1) is 0 Å². The Balaban J connectivity index is 2.37. The summed E-state index contributed by atoms with van der Waals surface area (Å²) >= 11 is 0. The highest BCUT2D eigenvalue weighted by molar-refractivity contribution is 5.66. The van der Waals surface area contributed by atoms with Crippen LogP contribution in [0.25, 0.3) is 0 Å². The SMILES string of the molecule is CCN(CCC(=O)O)C(C)CCc1ccccc1. The molecule has 1 aromatic rings. The second kappa shape index (κ2) is 7.88. The zero-order valence-electron chi connectivity index (χ0n) is 11.3. The number of hydrogen-bond acceptors (Lipinski definition) is 2. The van der Waals surface area contributed by atoms with Crippen molar-refractivity contribution in [2.24, 2.45) is 0 Å². The number of nitrogens with zero attached hydrogens (tertiary/aromatic N) is 1. The van der Waals surface area contributed by atoms with E-state index in [0.717, 1.165) is 19.4 Å². The van der Waals surface area contributed by atoms with Gasteiger partial charge < -0.3 is 10.0 Å². The summed E-state index contributed by atoms with van der Waals surface area (Å²) < 4.78 is 0. The van der Waals surface area contributed by atoms with Crippen molar-refractivity contribution < 1.29 is 9.90 Å². The molecule has 0 saturated carbocycles. The van der Waals surface area contributed by atoms with Crippen LogP contribution in [0.3, 0.4) is 0 Å². The molecular formula is C15H23NO2. The number of aliphatic carboxylic acids is 1. The van der Waals surface area contributed by atoms with Crippen LogP contribution < -0.4 is 0 Å². The summed E-state index contributed by atoms with van der Waals surface area (Å²) in [5.41, 5.74) is 1.35. The maximum absolute atomic E-state index is 10.6. The van der Waals surface area contributed by atoms with Crippen molar-refractivity contribution in [2.75, 3.05) is 13.1 Å². The summed E-state index contributed by atoms with van der Waals surface area (Å²) in [4.78, 5) is 12.8. The molecule has 0 aliphatic heterocycles. The van der Waals surface area contributed by atoms with Gasteiger partial charge in [-0.1, -0.05) is 37.3 Å². The van der Waals surface area contributed by atoms with Gasteiger partial charge in [0.1, 0.15) is 0 Å². The Labute approximate surface area is 109 Å². The molecule has 1 unspecified atom stereocenters. The van der Waals surface area contributed by atoms with Crippen LogP contribution in [0.15, 0.2) is 30.3 Å². The molecule has 0 saturated heterocycles. The molecule has 3 nitrogen and oxygen atoms in total. The zero-order chi connectivity index (χ0) is 13.4. The van der Waals surface area contributed by atoms with Gasteiger partial charge in [0.05, 0.1) is 6.42 Å². The van der Waals surface area contributed by atoms with Crippen LogP contribution in [0.4, 0.5) is 0 Å². The third kappa shape index (κ3) is 5.32. The number of aryl methyl sites for hydroxylation is 1. The number of carbonyl (C=O) groups is 1. The summed E-state index contributed by atoms with van der Waals surface area (Å²) in [7, 11) is 0. The molecule has 0 aromatic heterocycles. The Morgan fingerprint density at radius 1 is 1.33 bits per heavy atom. The fourth-order valence-electron chi connectivity index (χ4n) is 2.13. The van der Waals surface area contributed by atoms with Gasteiger partial charge in [-0.3, -0.25) is 4.79 Å². The Bertz CT molecular complexity index is 351. The normalized spacial score (nSPS) is 12.6. The Kier molecular flexibility index (Phi) is 6.44. The third-order valence-corrected chi connectivity index (χ3v) is 3.34. The highest BCUT2D eigenvalue weighted by atomic mass is 16.4. The molecule has 1 aromatic carbocycles. The van der Waals surface area contributed by atoms with Crippen LogP contribution in [0.5, 0.6) is 0 Å². The van der Waals surface area contributed by atoms with E-state index in [9.17, 15) is 4.79 Å². The van der Waals surface area contributed by atoms with Gasteiger partial charge >= 0.3 is 5.97 Å². The van der Waals surface area contributed by atoms with Crippen LogP contribution >= 0.6 is 0 Å². The van der Waals surface area contributed by atoms with Crippen molar-refractivity contribution in [1.82, 2.24) is 4.90 Å². The molecule has 0 radical (unpaired) electrons. The fourth-order valence-corrected chi connectivity index (χ4v) is 2.13. The van der Waals surface area contributed by atoms with Gasteiger partial charge in [-0.05, 0) is 31.9 Å². The van der Waals surface area contributed by atoms with E-state index < -0.39 is 5.97 Å². The van der Waals surface area contributed by atoms with E-state index >= 15 is 0 Å². The summed E-state index contributed by atoms with van der Waals surface area (Å²) in [6.07, 6.45) is 2.34. The Morgan fingerprint density at radius 3 is 2.56 bits per heavy atom. The molecule has 0 fully saturated rings. The van der Waals surface area contributed by atoms with Gasteiger partial charge in [0, 0.05) is 12.6 Å². The van der Waals surface area contributed by atoms with Crippen molar-refractivity contribution in [3.8, 4) is 0 Å². The lowest BCUT2D eigenvalue weighted by molar-refractivity contribution is -0.137. The van der Waals surface area contributed by atoms with Crippen LogP contribution in [0.2, 0.25) is 0 Å². The van der Waals surface area contributed by atoms with Crippen LogP contribution in [0, 0.1) is 0 Å². The number of benzene rings is 1. The first-order valence-corrected chi connectivity index (χ1v) is 6.63. The predicted octanol–water partition coefficient (Wildman–Crippen LogP) is 2.80. The summed E-state index contributed by atoms with van der Waals surface area (Å²) in [5.74, 6) is -0.719. The van der Waals surface area contributed by atoms with Crippen molar-refractivity contribution >= 4 is 5.97 Å². The van der Waals surface area contributed by atoms with E-state index in [2.05, 4.69) is 43.0 Å². The topological polar surface area (TPSA) is 40.5 Å². The van der Waals surface area contributed by atoms with Gasteiger partial charge in [-0.25, -0.2) is 0 Å². The summed E-state index contributed by atoms with van der Waals surface area (Å²) in [6, 6.07) is 10.8. The number of rotatable bonds is 8. The highest BCUT2D eigenvalue weighted by Gasteiger charge is 2.13. The molecule has 0 heterocycles. The first-order chi connectivity index (χ1) is 8.63. The van der Waals surface area contributed by atoms with Gasteiger partial charge in [0.25, 0.3) is 0 Å². The van der Waals surface area contributed by atoms with Gasteiger partial charge in [0.2, 0.25) is 0 Å². The molecule has 18 heavy (non-hydrogen) atoms. The molecule has 0 bridgehead atoms. The van der Waals surface area contributed by atoms with Crippen molar-refractivity contribution in [3.05, 3.63) is 35.9 Å². The van der Waals surface area contributed by atoms with E-state index in [0.29, 0.717) is 12.6 Å². The van der Waals surface area contributed by atoms with E-state index in [1.54, 1.807) is 0 Å². The van der Waals surface area contributed by atoms with Crippen LogP contribution in [-0.4, -0.2) is 35.1 Å². The summed E-state index contributed by atoms with van der Waals surface area (Å²) in [6.45, 7) is 5.81. The van der Waals surface area contributed by atoms with E-state index in [4.69, 9.17) is 5.11 Å². The molecule has 1 atom stereocenters. The molecule has 0 aliphatic carbocycles. The van der Waals surface area contributed by atoms with Crippen LogP contribution in [-0.2, 0) is 11.2 Å².